The highest BCUT2D eigenvalue weighted by molar-refractivity contribution is 5.02. The number of hydrogen-bond donors (Lipinski definition) is 2. The second-order valence-electron chi connectivity index (χ2n) is 5.68. The standard InChI is InChI=1S/C13H28N2O/c1-6-15(7-2)9-10(3)14-11-8-12(16)13(11,4)5/h10-12,14,16H,6-9H2,1-5H3. The van der Waals surface area contributed by atoms with Crippen molar-refractivity contribution in [1.82, 2.24) is 10.2 Å². The molecule has 0 spiro atoms. The minimum Gasteiger partial charge on any atom is -0.392 e. The number of nitrogens with zero attached hydrogens (tertiary/aromatic N) is 1. The Morgan fingerprint density at radius 1 is 1.38 bits per heavy atom. The molecule has 3 nitrogen and oxygen atoms in total. The number of aliphatic hydroxyl groups is 1. The van der Waals surface area contributed by atoms with Crippen molar-refractivity contribution in [2.75, 3.05) is 19.6 Å². The van der Waals surface area contributed by atoms with Gasteiger partial charge >= 0.3 is 0 Å². The van der Waals surface area contributed by atoms with E-state index in [1.165, 1.54) is 0 Å². The van der Waals surface area contributed by atoms with Crippen LogP contribution in [0.5, 0.6) is 0 Å². The Labute approximate surface area is 100 Å². The van der Waals surface area contributed by atoms with E-state index in [1.807, 2.05) is 0 Å². The lowest BCUT2D eigenvalue weighted by Gasteiger charge is -2.51. The fraction of sp³-hybridized carbons (Fsp3) is 1.00. The van der Waals surface area contributed by atoms with Crippen LogP contribution >= 0.6 is 0 Å². The van der Waals surface area contributed by atoms with Crippen molar-refractivity contribution in [2.24, 2.45) is 5.41 Å². The second kappa shape index (κ2) is 5.48. The summed E-state index contributed by atoms with van der Waals surface area (Å²) in [5.41, 5.74) is 0.0392. The number of hydrogen-bond acceptors (Lipinski definition) is 3. The first-order chi connectivity index (χ1) is 7.41. The van der Waals surface area contributed by atoms with Crippen LogP contribution in [-0.2, 0) is 0 Å². The van der Waals surface area contributed by atoms with E-state index in [0.717, 1.165) is 26.1 Å². The Morgan fingerprint density at radius 3 is 2.31 bits per heavy atom. The Kier molecular flexibility index (Phi) is 4.77. The topological polar surface area (TPSA) is 35.5 Å². The van der Waals surface area contributed by atoms with E-state index < -0.39 is 0 Å². The molecule has 16 heavy (non-hydrogen) atoms. The average molecular weight is 228 g/mol. The highest BCUT2D eigenvalue weighted by Crippen LogP contribution is 2.40. The highest BCUT2D eigenvalue weighted by atomic mass is 16.3. The molecule has 96 valence electrons. The Morgan fingerprint density at radius 2 is 1.94 bits per heavy atom. The molecule has 1 saturated carbocycles. The molecule has 0 radical (unpaired) electrons. The second-order valence-corrected chi connectivity index (χ2v) is 5.68. The summed E-state index contributed by atoms with van der Waals surface area (Å²) in [7, 11) is 0. The van der Waals surface area contributed by atoms with Crippen molar-refractivity contribution >= 4 is 0 Å². The van der Waals surface area contributed by atoms with E-state index in [2.05, 4.69) is 44.8 Å². The van der Waals surface area contributed by atoms with Gasteiger partial charge in [0.25, 0.3) is 0 Å². The molecule has 1 rings (SSSR count). The molecule has 0 aliphatic heterocycles. The first-order valence-electron chi connectivity index (χ1n) is 6.58. The van der Waals surface area contributed by atoms with Gasteiger partial charge in [0.15, 0.2) is 0 Å². The first kappa shape index (κ1) is 13.9. The molecule has 0 aromatic heterocycles. The Balaban J connectivity index is 2.32. The number of aliphatic hydroxyl groups excluding tert-OH is 1. The van der Waals surface area contributed by atoms with Gasteiger partial charge in [0.05, 0.1) is 6.10 Å². The fourth-order valence-electron chi connectivity index (χ4n) is 2.45. The van der Waals surface area contributed by atoms with Gasteiger partial charge in [-0.05, 0) is 26.4 Å². The largest absolute Gasteiger partial charge is 0.392 e. The summed E-state index contributed by atoms with van der Waals surface area (Å²) >= 11 is 0. The van der Waals surface area contributed by atoms with Crippen LogP contribution in [0.2, 0.25) is 0 Å². The molecule has 1 fully saturated rings. The van der Waals surface area contributed by atoms with Crippen LogP contribution in [0.4, 0.5) is 0 Å². The van der Waals surface area contributed by atoms with Crippen LogP contribution in [-0.4, -0.2) is 47.8 Å². The predicted octanol–water partition coefficient (Wildman–Crippen LogP) is 1.47. The molecular weight excluding hydrogens is 200 g/mol. The Hall–Kier alpha value is -0.120. The highest BCUT2D eigenvalue weighted by Gasteiger charge is 2.47. The van der Waals surface area contributed by atoms with Crippen molar-refractivity contribution in [3.63, 3.8) is 0 Å². The van der Waals surface area contributed by atoms with Crippen molar-refractivity contribution in [1.29, 1.82) is 0 Å². The third-order valence-electron chi connectivity index (χ3n) is 4.13. The monoisotopic (exact) mass is 228 g/mol. The molecule has 0 bridgehead atoms. The van der Waals surface area contributed by atoms with Gasteiger partial charge in [0.2, 0.25) is 0 Å². The molecule has 3 unspecified atom stereocenters. The van der Waals surface area contributed by atoms with E-state index in [1.54, 1.807) is 0 Å². The summed E-state index contributed by atoms with van der Waals surface area (Å²) in [6, 6.07) is 0.963. The maximum absolute atomic E-state index is 9.68. The van der Waals surface area contributed by atoms with Gasteiger partial charge in [0, 0.05) is 24.0 Å². The van der Waals surface area contributed by atoms with Crippen LogP contribution in [0.1, 0.15) is 41.0 Å². The summed E-state index contributed by atoms with van der Waals surface area (Å²) < 4.78 is 0. The summed E-state index contributed by atoms with van der Waals surface area (Å²) in [6.07, 6.45) is 0.765. The molecule has 0 heterocycles. The van der Waals surface area contributed by atoms with Crippen LogP contribution in [0.15, 0.2) is 0 Å². The lowest BCUT2D eigenvalue weighted by molar-refractivity contribution is -0.0760. The molecule has 0 amide bonds. The van der Waals surface area contributed by atoms with Crippen molar-refractivity contribution < 1.29 is 5.11 Å². The van der Waals surface area contributed by atoms with E-state index in [-0.39, 0.29) is 11.5 Å². The van der Waals surface area contributed by atoms with Gasteiger partial charge in [0.1, 0.15) is 0 Å². The summed E-state index contributed by atoms with van der Waals surface area (Å²) in [6.45, 7) is 14.2. The average Bonchev–Trinajstić information content (AvgIpc) is 2.25. The van der Waals surface area contributed by atoms with Gasteiger partial charge in [-0.2, -0.15) is 0 Å². The van der Waals surface area contributed by atoms with Crippen LogP contribution in [0.3, 0.4) is 0 Å². The number of rotatable bonds is 6. The van der Waals surface area contributed by atoms with Gasteiger partial charge < -0.3 is 15.3 Å². The van der Waals surface area contributed by atoms with Crippen molar-refractivity contribution in [2.45, 2.75) is 59.2 Å². The predicted molar refractivity (Wildman–Crippen MR) is 68.6 cm³/mol. The van der Waals surface area contributed by atoms with Gasteiger partial charge in [-0.3, -0.25) is 0 Å². The molecule has 2 N–H and O–H groups in total. The van der Waals surface area contributed by atoms with Gasteiger partial charge in [-0.1, -0.05) is 27.7 Å². The molecule has 3 atom stereocenters. The minimum absolute atomic E-state index is 0.0392. The molecule has 0 aromatic carbocycles. The van der Waals surface area contributed by atoms with Gasteiger partial charge in [-0.15, -0.1) is 0 Å². The molecule has 0 aromatic rings. The fourth-order valence-corrected chi connectivity index (χ4v) is 2.45. The maximum atomic E-state index is 9.68. The van der Waals surface area contributed by atoms with Crippen LogP contribution in [0.25, 0.3) is 0 Å². The summed E-state index contributed by atoms with van der Waals surface area (Å²) in [5, 5.41) is 13.3. The van der Waals surface area contributed by atoms with Crippen molar-refractivity contribution in [3.8, 4) is 0 Å². The molecule has 1 aliphatic rings. The zero-order chi connectivity index (χ0) is 12.3. The SMILES string of the molecule is CCN(CC)CC(C)NC1CC(O)C1(C)C. The minimum atomic E-state index is -0.134. The molecular formula is C13H28N2O. The molecule has 0 saturated heterocycles. The van der Waals surface area contributed by atoms with Crippen LogP contribution in [0, 0.1) is 5.41 Å². The third-order valence-corrected chi connectivity index (χ3v) is 4.13. The van der Waals surface area contributed by atoms with E-state index in [0.29, 0.717) is 12.1 Å². The molecule has 3 heteroatoms. The maximum Gasteiger partial charge on any atom is 0.0621 e. The van der Waals surface area contributed by atoms with E-state index in [4.69, 9.17) is 0 Å². The first-order valence-corrected chi connectivity index (χ1v) is 6.58. The summed E-state index contributed by atoms with van der Waals surface area (Å²) in [5.74, 6) is 0. The van der Waals surface area contributed by atoms with Crippen LogP contribution < -0.4 is 5.32 Å². The van der Waals surface area contributed by atoms with E-state index in [9.17, 15) is 5.11 Å². The van der Waals surface area contributed by atoms with Crippen molar-refractivity contribution in [3.05, 3.63) is 0 Å². The normalized spacial score (nSPS) is 30.2. The van der Waals surface area contributed by atoms with Gasteiger partial charge in [-0.25, -0.2) is 0 Å². The lowest BCUT2D eigenvalue weighted by Crippen LogP contribution is -2.62. The number of nitrogens with one attached hydrogen (secondary N) is 1. The number of likely N-dealkylation sites (N-methyl/N-ethyl adjacent to an activating group) is 1. The summed E-state index contributed by atoms with van der Waals surface area (Å²) in [4.78, 5) is 2.43. The zero-order valence-electron chi connectivity index (χ0n) is 11.5. The Bertz CT molecular complexity index is 214. The zero-order valence-corrected chi connectivity index (χ0v) is 11.5. The smallest absolute Gasteiger partial charge is 0.0621 e. The third kappa shape index (κ3) is 2.96. The lowest BCUT2D eigenvalue weighted by atomic mass is 9.64. The quantitative estimate of drug-likeness (QED) is 0.722. The molecule has 1 aliphatic carbocycles. The van der Waals surface area contributed by atoms with E-state index >= 15 is 0 Å².